The minimum atomic E-state index is -0.817. The van der Waals surface area contributed by atoms with Crippen LogP contribution in [0.5, 0.6) is 0 Å². The van der Waals surface area contributed by atoms with Gasteiger partial charge in [0, 0.05) is 12.1 Å². The van der Waals surface area contributed by atoms with Crippen molar-refractivity contribution in [1.82, 2.24) is 19.0 Å². The molecule has 8 heteroatoms. The zero-order chi connectivity index (χ0) is 13.8. The molecule has 104 valence electrons. The van der Waals surface area contributed by atoms with Crippen LogP contribution in [0.1, 0.15) is 30.3 Å². The maximum absolute atomic E-state index is 11.7. The van der Waals surface area contributed by atoms with Crippen LogP contribution < -0.4 is 5.32 Å². The lowest BCUT2D eigenvalue weighted by Crippen LogP contribution is -2.54. The first-order valence-electron chi connectivity index (χ1n) is 6.14. The van der Waals surface area contributed by atoms with Crippen LogP contribution in [0.15, 0.2) is 6.20 Å². The second-order valence-corrected chi connectivity index (χ2v) is 5.10. The van der Waals surface area contributed by atoms with E-state index in [0.29, 0.717) is 12.2 Å². The number of likely N-dealkylation sites (N-methyl/N-ethyl adjacent to an activating group) is 1. The Morgan fingerprint density at radius 1 is 1.58 bits per heavy atom. The molecule has 0 aliphatic heterocycles. The van der Waals surface area contributed by atoms with Gasteiger partial charge in [0.2, 0.25) is 0 Å². The van der Waals surface area contributed by atoms with Crippen LogP contribution in [0, 0.1) is 0 Å². The van der Waals surface area contributed by atoms with Gasteiger partial charge < -0.3 is 10.4 Å². The Morgan fingerprint density at radius 3 is 2.84 bits per heavy atom. The molecule has 1 fully saturated rings. The molecule has 0 bridgehead atoms. The molecule has 0 atom stereocenters. The summed E-state index contributed by atoms with van der Waals surface area (Å²) < 4.78 is 7.65. The number of carboxylic acid groups (broad SMARTS) is 1. The van der Waals surface area contributed by atoms with Crippen LogP contribution in [0.4, 0.5) is 0 Å². The van der Waals surface area contributed by atoms with Gasteiger partial charge in [0.05, 0.1) is 24.5 Å². The highest BCUT2D eigenvalue weighted by molar-refractivity contribution is 6.99. The predicted molar refractivity (Wildman–Crippen MR) is 69.1 cm³/mol. The Labute approximate surface area is 114 Å². The number of rotatable bonds is 6. The van der Waals surface area contributed by atoms with E-state index in [2.05, 4.69) is 14.1 Å². The van der Waals surface area contributed by atoms with E-state index < -0.39 is 5.97 Å². The Bertz CT molecular complexity index is 445. The van der Waals surface area contributed by atoms with Crippen molar-refractivity contribution in [1.29, 1.82) is 0 Å². The van der Waals surface area contributed by atoms with Crippen molar-refractivity contribution in [3.05, 3.63) is 11.9 Å². The SMILES string of the molecule is CCN(CC(=O)O)C1CC(NC(=O)c2cnsn2)C1. The van der Waals surface area contributed by atoms with Crippen LogP contribution >= 0.6 is 11.7 Å². The molecule has 0 unspecified atom stereocenters. The second kappa shape index (κ2) is 6.07. The fourth-order valence-electron chi connectivity index (χ4n) is 2.20. The molecule has 2 N–H and O–H groups in total. The van der Waals surface area contributed by atoms with Gasteiger partial charge in [-0.2, -0.15) is 8.75 Å². The summed E-state index contributed by atoms with van der Waals surface area (Å²) in [4.78, 5) is 24.3. The third-order valence-electron chi connectivity index (χ3n) is 3.30. The quantitative estimate of drug-likeness (QED) is 0.775. The molecule has 7 nitrogen and oxygen atoms in total. The molecule has 19 heavy (non-hydrogen) atoms. The molecular weight excluding hydrogens is 268 g/mol. The van der Waals surface area contributed by atoms with Crippen LogP contribution in [0.2, 0.25) is 0 Å². The summed E-state index contributed by atoms with van der Waals surface area (Å²) in [5.74, 6) is -1.03. The van der Waals surface area contributed by atoms with E-state index in [4.69, 9.17) is 5.11 Å². The number of carbonyl (C=O) groups is 2. The average Bonchev–Trinajstić information content (AvgIpc) is 2.83. The molecule has 2 rings (SSSR count). The van der Waals surface area contributed by atoms with Crippen molar-refractivity contribution >= 4 is 23.6 Å². The van der Waals surface area contributed by atoms with Gasteiger partial charge in [-0.25, -0.2) is 0 Å². The van der Waals surface area contributed by atoms with Crippen molar-refractivity contribution in [2.75, 3.05) is 13.1 Å². The summed E-state index contributed by atoms with van der Waals surface area (Å²) in [6.45, 7) is 2.70. The minimum Gasteiger partial charge on any atom is -0.480 e. The van der Waals surface area contributed by atoms with Gasteiger partial charge in [0.25, 0.3) is 5.91 Å². The number of nitrogens with one attached hydrogen (secondary N) is 1. The molecule has 1 aromatic rings. The molecule has 0 saturated heterocycles. The smallest absolute Gasteiger partial charge is 0.317 e. The van der Waals surface area contributed by atoms with Crippen molar-refractivity contribution in [2.45, 2.75) is 31.8 Å². The summed E-state index contributed by atoms with van der Waals surface area (Å²) >= 11 is 1.00. The Morgan fingerprint density at radius 2 is 2.32 bits per heavy atom. The summed E-state index contributed by atoms with van der Waals surface area (Å²) in [6, 6.07) is 0.335. The highest BCUT2D eigenvalue weighted by Crippen LogP contribution is 2.25. The summed E-state index contributed by atoms with van der Waals surface area (Å²) in [5.41, 5.74) is 0.339. The van der Waals surface area contributed by atoms with Gasteiger partial charge in [0.1, 0.15) is 0 Å². The van der Waals surface area contributed by atoms with Crippen LogP contribution in [-0.4, -0.2) is 55.8 Å². The number of carbonyl (C=O) groups excluding carboxylic acids is 1. The number of hydrogen-bond donors (Lipinski definition) is 2. The van der Waals surface area contributed by atoms with Crippen LogP contribution in [0.3, 0.4) is 0 Å². The fraction of sp³-hybridized carbons (Fsp3) is 0.636. The normalized spacial score (nSPS) is 22.0. The topological polar surface area (TPSA) is 95.4 Å². The molecule has 1 aliphatic carbocycles. The number of aromatic nitrogens is 2. The standard InChI is InChI=1S/C11H16N4O3S/c1-2-15(6-10(16)17)8-3-7(4-8)13-11(18)9-5-12-19-14-9/h5,7-8H,2-4,6H2,1H3,(H,13,18)(H,16,17). The molecule has 1 aliphatic rings. The fourth-order valence-corrected chi connectivity index (χ4v) is 2.61. The third-order valence-corrected chi connectivity index (χ3v) is 3.78. The lowest BCUT2D eigenvalue weighted by molar-refractivity contribution is -0.139. The summed E-state index contributed by atoms with van der Waals surface area (Å²) in [6.07, 6.45) is 3.01. The van der Waals surface area contributed by atoms with Gasteiger partial charge in [0.15, 0.2) is 5.69 Å². The molecule has 1 heterocycles. The zero-order valence-corrected chi connectivity index (χ0v) is 11.4. The minimum absolute atomic E-state index is 0.0534. The second-order valence-electron chi connectivity index (χ2n) is 4.55. The number of carboxylic acids is 1. The summed E-state index contributed by atoms with van der Waals surface area (Å²) in [7, 11) is 0. The number of nitrogens with zero attached hydrogens (tertiary/aromatic N) is 3. The van der Waals surface area contributed by atoms with E-state index in [1.807, 2.05) is 11.8 Å². The zero-order valence-electron chi connectivity index (χ0n) is 10.6. The first-order valence-corrected chi connectivity index (χ1v) is 6.87. The van der Waals surface area contributed by atoms with Gasteiger partial charge in [-0.1, -0.05) is 6.92 Å². The van der Waals surface area contributed by atoms with E-state index in [9.17, 15) is 9.59 Å². The first-order chi connectivity index (χ1) is 9.10. The largest absolute Gasteiger partial charge is 0.480 e. The van der Waals surface area contributed by atoms with Gasteiger partial charge >= 0.3 is 5.97 Å². The molecule has 0 aromatic carbocycles. The highest BCUT2D eigenvalue weighted by Gasteiger charge is 2.34. The van der Waals surface area contributed by atoms with E-state index in [1.54, 1.807) is 0 Å². The van der Waals surface area contributed by atoms with Gasteiger partial charge in [-0.05, 0) is 19.4 Å². The molecule has 1 saturated carbocycles. The number of aliphatic carboxylic acids is 1. The van der Waals surface area contributed by atoms with Crippen molar-refractivity contribution in [3.63, 3.8) is 0 Å². The average molecular weight is 284 g/mol. The van der Waals surface area contributed by atoms with Crippen molar-refractivity contribution in [3.8, 4) is 0 Å². The third kappa shape index (κ3) is 3.48. The molecule has 0 spiro atoms. The van der Waals surface area contributed by atoms with Crippen LogP contribution in [-0.2, 0) is 4.79 Å². The van der Waals surface area contributed by atoms with E-state index in [0.717, 1.165) is 24.6 Å². The van der Waals surface area contributed by atoms with E-state index in [1.165, 1.54) is 6.20 Å². The highest BCUT2D eigenvalue weighted by atomic mass is 32.1. The molecule has 0 radical (unpaired) electrons. The lowest BCUT2D eigenvalue weighted by atomic mass is 9.85. The Balaban J connectivity index is 1.76. The predicted octanol–water partition coefficient (Wildman–Crippen LogP) is 0.205. The molecular formula is C11H16N4O3S. The monoisotopic (exact) mass is 284 g/mol. The molecule has 1 amide bonds. The summed E-state index contributed by atoms with van der Waals surface area (Å²) in [5, 5.41) is 11.7. The van der Waals surface area contributed by atoms with Crippen molar-refractivity contribution in [2.24, 2.45) is 0 Å². The first kappa shape index (κ1) is 13.9. The Kier molecular flexibility index (Phi) is 4.43. The Hall–Kier alpha value is -1.54. The van der Waals surface area contributed by atoms with Crippen LogP contribution in [0.25, 0.3) is 0 Å². The maximum atomic E-state index is 11.7. The van der Waals surface area contributed by atoms with E-state index >= 15 is 0 Å². The number of hydrogen-bond acceptors (Lipinski definition) is 6. The maximum Gasteiger partial charge on any atom is 0.317 e. The molecule has 1 aromatic heterocycles. The van der Waals surface area contributed by atoms with E-state index in [-0.39, 0.29) is 24.5 Å². The lowest BCUT2D eigenvalue weighted by Gasteiger charge is -2.42. The van der Waals surface area contributed by atoms with Gasteiger partial charge in [-0.15, -0.1) is 0 Å². The number of amides is 1. The van der Waals surface area contributed by atoms with Crippen molar-refractivity contribution < 1.29 is 14.7 Å². The van der Waals surface area contributed by atoms with Gasteiger partial charge in [-0.3, -0.25) is 14.5 Å².